The third-order valence-electron chi connectivity index (χ3n) is 2.94. The average molecular weight is 322 g/mol. The molecule has 0 fully saturated rings. The van der Waals surface area contributed by atoms with Crippen LogP contribution < -0.4 is 5.73 Å². The second-order valence-corrected chi connectivity index (χ2v) is 5.34. The van der Waals surface area contributed by atoms with E-state index in [1.54, 1.807) is 12.1 Å². The van der Waals surface area contributed by atoms with Crippen LogP contribution in [0.3, 0.4) is 0 Å². The lowest BCUT2D eigenvalue weighted by molar-refractivity contribution is 0.0991. The van der Waals surface area contributed by atoms with Gasteiger partial charge in [0, 0.05) is 28.0 Å². The van der Waals surface area contributed by atoms with Crippen LogP contribution in [0.5, 0.6) is 0 Å². The number of nitrogen functional groups attached to an aromatic ring is 1. The zero-order valence-electron chi connectivity index (χ0n) is 11.0. The first-order valence-electron chi connectivity index (χ1n) is 6.12. The Kier molecular flexibility index (Phi) is 4.04. The highest BCUT2D eigenvalue weighted by Gasteiger charge is 2.14. The van der Waals surface area contributed by atoms with E-state index in [1.165, 1.54) is 0 Å². The molecule has 0 atom stereocenters. The van der Waals surface area contributed by atoms with Gasteiger partial charge in [0.05, 0.1) is 12.1 Å². The average Bonchev–Trinajstić information content (AvgIpc) is 2.69. The van der Waals surface area contributed by atoms with Crippen molar-refractivity contribution in [2.45, 2.75) is 26.8 Å². The Morgan fingerprint density at radius 3 is 2.79 bits per heavy atom. The van der Waals surface area contributed by atoms with Gasteiger partial charge in [0.25, 0.3) is 0 Å². The normalized spacial score (nSPS) is 10.7. The minimum absolute atomic E-state index is 0.0135. The van der Waals surface area contributed by atoms with Gasteiger partial charge in [-0.15, -0.1) is 0 Å². The van der Waals surface area contributed by atoms with Crippen LogP contribution >= 0.6 is 15.9 Å². The number of anilines is 1. The molecular weight excluding hydrogens is 306 g/mol. The van der Waals surface area contributed by atoms with Crippen molar-refractivity contribution < 1.29 is 4.79 Å². The van der Waals surface area contributed by atoms with Gasteiger partial charge < -0.3 is 5.73 Å². The summed E-state index contributed by atoms with van der Waals surface area (Å²) in [5.74, 6) is 0.0135. The van der Waals surface area contributed by atoms with E-state index >= 15 is 0 Å². The summed E-state index contributed by atoms with van der Waals surface area (Å²) in [6.07, 6.45) is 0.320. The number of ketones is 1. The van der Waals surface area contributed by atoms with E-state index in [0.29, 0.717) is 17.7 Å². The van der Waals surface area contributed by atoms with Crippen molar-refractivity contribution in [3.63, 3.8) is 0 Å². The van der Waals surface area contributed by atoms with Crippen LogP contribution in [0.2, 0.25) is 0 Å². The molecule has 0 amide bonds. The number of halogens is 1. The topological polar surface area (TPSA) is 60.9 Å². The quantitative estimate of drug-likeness (QED) is 0.695. The minimum atomic E-state index is 0.0135. The molecule has 1 heterocycles. The van der Waals surface area contributed by atoms with Crippen LogP contribution in [0.25, 0.3) is 0 Å². The van der Waals surface area contributed by atoms with Crippen LogP contribution in [0.15, 0.2) is 28.7 Å². The summed E-state index contributed by atoms with van der Waals surface area (Å²) in [5.41, 5.74) is 8.79. The van der Waals surface area contributed by atoms with E-state index in [9.17, 15) is 4.79 Å². The van der Waals surface area contributed by atoms with E-state index in [-0.39, 0.29) is 5.78 Å². The molecule has 1 aromatic heterocycles. The Morgan fingerprint density at radius 2 is 2.16 bits per heavy atom. The second kappa shape index (κ2) is 5.57. The minimum Gasteiger partial charge on any atom is -0.398 e. The second-order valence-electron chi connectivity index (χ2n) is 4.42. The predicted octanol–water partition coefficient (Wildman–Crippen LogP) is 2.98. The SMILES string of the molecule is CCn1nc(C)cc1CC(=O)c1ccc(Br)cc1N. The smallest absolute Gasteiger partial charge is 0.170 e. The molecule has 2 N–H and O–H groups in total. The monoisotopic (exact) mass is 321 g/mol. The Morgan fingerprint density at radius 1 is 1.42 bits per heavy atom. The lowest BCUT2D eigenvalue weighted by atomic mass is 10.0. The fourth-order valence-corrected chi connectivity index (χ4v) is 2.44. The number of hydrogen-bond donors (Lipinski definition) is 1. The van der Waals surface area contributed by atoms with Crippen LogP contribution in [0.4, 0.5) is 5.69 Å². The van der Waals surface area contributed by atoms with Crippen molar-refractivity contribution in [1.82, 2.24) is 9.78 Å². The van der Waals surface area contributed by atoms with Crippen molar-refractivity contribution in [1.29, 1.82) is 0 Å². The lowest BCUT2D eigenvalue weighted by Gasteiger charge is -2.07. The molecule has 0 saturated heterocycles. The maximum absolute atomic E-state index is 12.3. The molecular formula is C14H16BrN3O. The number of nitrogens with zero attached hydrogens (tertiary/aromatic N) is 2. The molecule has 19 heavy (non-hydrogen) atoms. The molecule has 5 heteroatoms. The summed E-state index contributed by atoms with van der Waals surface area (Å²) in [6.45, 7) is 4.69. The first-order chi connectivity index (χ1) is 9.01. The van der Waals surface area contributed by atoms with Crippen LogP contribution in [0, 0.1) is 6.92 Å². The fraction of sp³-hybridized carbons (Fsp3) is 0.286. The molecule has 0 saturated carbocycles. The highest BCUT2D eigenvalue weighted by atomic mass is 79.9. The van der Waals surface area contributed by atoms with Crippen molar-refractivity contribution in [2.75, 3.05) is 5.73 Å². The van der Waals surface area contributed by atoms with Gasteiger partial charge in [-0.05, 0) is 38.1 Å². The Bertz CT molecular complexity index is 619. The van der Waals surface area contributed by atoms with E-state index in [2.05, 4.69) is 21.0 Å². The number of hydrogen-bond acceptors (Lipinski definition) is 3. The zero-order valence-corrected chi connectivity index (χ0v) is 12.6. The number of Topliss-reactive ketones (excluding diaryl/α,β-unsaturated/α-hetero) is 1. The molecule has 0 unspecified atom stereocenters. The maximum Gasteiger partial charge on any atom is 0.170 e. The van der Waals surface area contributed by atoms with Crippen molar-refractivity contribution >= 4 is 27.4 Å². The molecule has 2 aromatic rings. The van der Waals surface area contributed by atoms with Gasteiger partial charge in [-0.25, -0.2) is 0 Å². The van der Waals surface area contributed by atoms with Crippen molar-refractivity contribution in [3.05, 3.63) is 45.7 Å². The Hall–Kier alpha value is -1.62. The van der Waals surface area contributed by atoms with Crippen molar-refractivity contribution in [2.24, 2.45) is 0 Å². The fourth-order valence-electron chi connectivity index (χ4n) is 2.06. The van der Waals surface area contributed by atoms with Gasteiger partial charge in [0.15, 0.2) is 5.78 Å². The zero-order chi connectivity index (χ0) is 14.0. The maximum atomic E-state index is 12.3. The van der Waals surface area contributed by atoms with Gasteiger partial charge in [-0.1, -0.05) is 15.9 Å². The van der Waals surface area contributed by atoms with Gasteiger partial charge >= 0.3 is 0 Å². The molecule has 0 aliphatic carbocycles. The number of aromatic nitrogens is 2. The van der Waals surface area contributed by atoms with Crippen LogP contribution in [0.1, 0.15) is 28.7 Å². The number of nitrogens with two attached hydrogens (primary N) is 1. The summed E-state index contributed by atoms with van der Waals surface area (Å²) < 4.78 is 2.72. The Balaban J connectivity index is 2.25. The lowest BCUT2D eigenvalue weighted by Crippen LogP contribution is -2.11. The molecule has 0 bridgehead atoms. The number of rotatable bonds is 4. The molecule has 0 spiro atoms. The van der Waals surface area contributed by atoms with Crippen LogP contribution in [-0.2, 0) is 13.0 Å². The molecule has 0 aliphatic rings. The molecule has 100 valence electrons. The van der Waals surface area contributed by atoms with Gasteiger partial charge in [-0.2, -0.15) is 5.10 Å². The molecule has 2 rings (SSSR count). The molecule has 0 aliphatic heterocycles. The highest BCUT2D eigenvalue weighted by molar-refractivity contribution is 9.10. The number of aryl methyl sites for hydroxylation is 2. The van der Waals surface area contributed by atoms with E-state index in [4.69, 9.17) is 5.73 Å². The van der Waals surface area contributed by atoms with Crippen molar-refractivity contribution in [3.8, 4) is 0 Å². The molecule has 4 nitrogen and oxygen atoms in total. The standard InChI is InChI=1S/C14H16BrN3O/c1-3-18-11(6-9(2)17-18)8-14(19)12-5-4-10(15)7-13(12)16/h4-7H,3,8,16H2,1-2H3. The summed E-state index contributed by atoms with van der Waals surface area (Å²) in [7, 11) is 0. The van der Waals surface area contributed by atoms with E-state index in [0.717, 1.165) is 22.4 Å². The summed E-state index contributed by atoms with van der Waals surface area (Å²) in [4.78, 5) is 12.3. The van der Waals surface area contributed by atoms with E-state index in [1.807, 2.05) is 30.7 Å². The molecule has 1 aromatic carbocycles. The third-order valence-corrected chi connectivity index (χ3v) is 3.43. The third kappa shape index (κ3) is 3.04. The highest BCUT2D eigenvalue weighted by Crippen LogP contribution is 2.20. The predicted molar refractivity (Wildman–Crippen MR) is 79.2 cm³/mol. The summed E-state index contributed by atoms with van der Waals surface area (Å²) in [5, 5.41) is 4.34. The van der Waals surface area contributed by atoms with Gasteiger partial charge in [-0.3, -0.25) is 9.48 Å². The van der Waals surface area contributed by atoms with Gasteiger partial charge in [0.2, 0.25) is 0 Å². The summed E-state index contributed by atoms with van der Waals surface area (Å²) >= 11 is 3.33. The summed E-state index contributed by atoms with van der Waals surface area (Å²) in [6, 6.07) is 7.26. The van der Waals surface area contributed by atoms with E-state index < -0.39 is 0 Å². The number of benzene rings is 1. The molecule has 0 radical (unpaired) electrons. The van der Waals surface area contributed by atoms with Crippen LogP contribution in [-0.4, -0.2) is 15.6 Å². The van der Waals surface area contributed by atoms with Gasteiger partial charge in [0.1, 0.15) is 0 Å². The number of carbonyl (C=O) groups excluding carboxylic acids is 1. The first kappa shape index (κ1) is 13.8. The largest absolute Gasteiger partial charge is 0.398 e. The first-order valence-corrected chi connectivity index (χ1v) is 6.92. The Labute approximate surface area is 120 Å². The number of carbonyl (C=O) groups is 1.